The van der Waals surface area contributed by atoms with E-state index in [4.69, 9.17) is 27.9 Å². The van der Waals surface area contributed by atoms with Crippen molar-refractivity contribution in [3.8, 4) is 5.75 Å². The van der Waals surface area contributed by atoms with Crippen LogP contribution in [0.3, 0.4) is 0 Å². The lowest BCUT2D eigenvalue weighted by Crippen LogP contribution is -2.50. The average molecular weight is 465 g/mol. The van der Waals surface area contributed by atoms with Crippen molar-refractivity contribution < 1.29 is 14.3 Å². The largest absolute Gasteiger partial charge is 0.483 e. The van der Waals surface area contributed by atoms with Gasteiger partial charge in [0.05, 0.1) is 10.0 Å². The fourth-order valence-electron chi connectivity index (χ4n) is 3.36. The summed E-state index contributed by atoms with van der Waals surface area (Å²) >= 11 is 12.2. The van der Waals surface area contributed by atoms with Crippen LogP contribution in [-0.2, 0) is 16.1 Å². The van der Waals surface area contributed by atoms with E-state index in [2.05, 4.69) is 19.2 Å². The molecule has 0 aliphatic carbocycles. The lowest BCUT2D eigenvalue weighted by molar-refractivity contribution is -0.142. The average Bonchev–Trinajstić information content (AvgIpc) is 2.74. The molecule has 1 atom stereocenters. The third-order valence-corrected chi connectivity index (χ3v) is 5.71. The van der Waals surface area contributed by atoms with Crippen molar-refractivity contribution in [2.24, 2.45) is 0 Å². The van der Waals surface area contributed by atoms with E-state index < -0.39 is 6.04 Å². The molecule has 0 saturated carbocycles. The Labute approximate surface area is 194 Å². The highest BCUT2D eigenvalue weighted by molar-refractivity contribution is 6.42. The van der Waals surface area contributed by atoms with Crippen molar-refractivity contribution >= 4 is 35.0 Å². The Kier molecular flexibility index (Phi) is 9.66. The summed E-state index contributed by atoms with van der Waals surface area (Å²) in [6.45, 7) is 8.42. The zero-order valence-electron chi connectivity index (χ0n) is 18.5. The molecule has 0 radical (unpaired) electrons. The highest BCUT2D eigenvalue weighted by atomic mass is 35.5. The number of amides is 2. The van der Waals surface area contributed by atoms with Crippen molar-refractivity contribution in [2.45, 2.75) is 52.6 Å². The van der Waals surface area contributed by atoms with Gasteiger partial charge in [-0.1, -0.05) is 68.2 Å². The van der Waals surface area contributed by atoms with Crippen molar-refractivity contribution in [2.75, 3.05) is 13.2 Å². The summed E-state index contributed by atoms with van der Waals surface area (Å²) in [4.78, 5) is 27.4. The molecule has 7 heteroatoms. The van der Waals surface area contributed by atoms with Crippen LogP contribution >= 0.6 is 23.2 Å². The number of rotatable bonds is 10. The number of hydrogen-bond donors (Lipinski definition) is 1. The van der Waals surface area contributed by atoms with Crippen LogP contribution in [0.2, 0.25) is 10.0 Å². The van der Waals surface area contributed by atoms with Crippen LogP contribution in [0.15, 0.2) is 42.5 Å². The summed E-state index contributed by atoms with van der Waals surface area (Å²) in [5, 5.41) is 3.66. The highest BCUT2D eigenvalue weighted by Crippen LogP contribution is 2.27. The molecular weight excluding hydrogens is 435 g/mol. The van der Waals surface area contributed by atoms with Gasteiger partial charge in [-0.2, -0.15) is 0 Å². The number of para-hydroxylation sites is 1. The molecule has 2 amide bonds. The van der Waals surface area contributed by atoms with Gasteiger partial charge in [0, 0.05) is 13.1 Å². The molecule has 0 heterocycles. The number of hydrogen-bond acceptors (Lipinski definition) is 3. The van der Waals surface area contributed by atoms with Crippen LogP contribution in [0.25, 0.3) is 0 Å². The monoisotopic (exact) mass is 464 g/mol. The second-order valence-corrected chi connectivity index (χ2v) is 8.38. The molecule has 31 heavy (non-hydrogen) atoms. The maximum atomic E-state index is 13.2. The fraction of sp³-hybridized carbons (Fsp3) is 0.417. The van der Waals surface area contributed by atoms with Crippen LogP contribution in [0.4, 0.5) is 0 Å². The minimum Gasteiger partial charge on any atom is -0.483 e. The molecule has 0 aliphatic rings. The van der Waals surface area contributed by atoms with E-state index in [-0.39, 0.29) is 30.9 Å². The Hall–Kier alpha value is -2.24. The van der Waals surface area contributed by atoms with Crippen molar-refractivity contribution in [1.82, 2.24) is 10.2 Å². The predicted octanol–water partition coefficient (Wildman–Crippen LogP) is 5.44. The molecule has 1 N–H and O–H groups in total. The van der Waals surface area contributed by atoms with Gasteiger partial charge in [0.15, 0.2) is 6.61 Å². The number of ether oxygens (including phenoxy) is 1. The smallest absolute Gasteiger partial charge is 0.261 e. The van der Waals surface area contributed by atoms with Gasteiger partial charge in [0.1, 0.15) is 11.8 Å². The molecule has 168 valence electrons. The number of likely N-dealkylation sites (N-methyl/N-ethyl adjacent to an activating group) is 1. The van der Waals surface area contributed by atoms with Crippen LogP contribution < -0.4 is 10.1 Å². The summed E-state index contributed by atoms with van der Waals surface area (Å²) in [7, 11) is 0. The van der Waals surface area contributed by atoms with Crippen LogP contribution in [0.5, 0.6) is 5.75 Å². The Bertz CT molecular complexity index is 902. The number of carbonyl (C=O) groups excluding carboxylic acids is 2. The second-order valence-electron chi connectivity index (χ2n) is 7.57. The molecule has 0 unspecified atom stereocenters. The first kappa shape index (κ1) is 25.0. The fourth-order valence-corrected chi connectivity index (χ4v) is 3.68. The van der Waals surface area contributed by atoms with Crippen LogP contribution in [-0.4, -0.2) is 35.9 Å². The summed E-state index contributed by atoms with van der Waals surface area (Å²) in [5.74, 6) is 0.465. The molecule has 0 saturated heterocycles. The number of benzene rings is 2. The molecule has 0 spiro atoms. The minimum absolute atomic E-state index is 0.166. The maximum absolute atomic E-state index is 13.2. The SMILES string of the molecule is CCNC(=O)[C@H](CC)N(Cc1ccc(Cl)c(Cl)c1)C(=O)COc1ccccc1C(C)C. The molecule has 2 aromatic carbocycles. The Morgan fingerprint density at radius 2 is 1.77 bits per heavy atom. The Morgan fingerprint density at radius 3 is 2.39 bits per heavy atom. The van der Waals surface area contributed by atoms with Gasteiger partial charge in [-0.3, -0.25) is 9.59 Å². The lowest BCUT2D eigenvalue weighted by atomic mass is 10.0. The summed E-state index contributed by atoms with van der Waals surface area (Å²) in [6.07, 6.45) is 0.474. The molecule has 0 aliphatic heterocycles. The lowest BCUT2D eigenvalue weighted by Gasteiger charge is -2.30. The second kappa shape index (κ2) is 12.0. The third-order valence-electron chi connectivity index (χ3n) is 4.97. The molecule has 0 fully saturated rings. The van der Waals surface area contributed by atoms with E-state index in [1.807, 2.05) is 38.1 Å². The maximum Gasteiger partial charge on any atom is 0.261 e. The van der Waals surface area contributed by atoms with Gasteiger partial charge < -0.3 is 15.0 Å². The summed E-state index contributed by atoms with van der Waals surface area (Å²) in [6, 6.07) is 12.2. The molecule has 2 aromatic rings. The van der Waals surface area contributed by atoms with E-state index in [1.54, 1.807) is 23.1 Å². The van der Waals surface area contributed by atoms with E-state index in [0.717, 1.165) is 11.1 Å². The van der Waals surface area contributed by atoms with Gasteiger partial charge in [-0.15, -0.1) is 0 Å². The minimum atomic E-state index is -0.620. The molecule has 2 rings (SSSR count). The van der Waals surface area contributed by atoms with Crippen molar-refractivity contribution in [1.29, 1.82) is 0 Å². The zero-order chi connectivity index (χ0) is 23.0. The zero-order valence-corrected chi connectivity index (χ0v) is 20.0. The van der Waals surface area contributed by atoms with Crippen molar-refractivity contribution in [3.05, 3.63) is 63.6 Å². The van der Waals surface area contributed by atoms with Crippen molar-refractivity contribution in [3.63, 3.8) is 0 Å². The number of nitrogens with one attached hydrogen (secondary N) is 1. The molecule has 0 bridgehead atoms. The Balaban J connectivity index is 2.26. The van der Waals surface area contributed by atoms with Gasteiger partial charge in [0.2, 0.25) is 5.91 Å². The number of halogens is 2. The van der Waals surface area contributed by atoms with E-state index in [1.165, 1.54) is 0 Å². The predicted molar refractivity (Wildman–Crippen MR) is 126 cm³/mol. The topological polar surface area (TPSA) is 58.6 Å². The molecule has 0 aromatic heterocycles. The van der Waals surface area contributed by atoms with Gasteiger partial charge in [-0.25, -0.2) is 0 Å². The van der Waals surface area contributed by atoms with Gasteiger partial charge >= 0.3 is 0 Å². The third kappa shape index (κ3) is 6.88. The summed E-state index contributed by atoms with van der Waals surface area (Å²) < 4.78 is 5.89. The van der Waals surface area contributed by atoms with E-state index >= 15 is 0 Å². The first-order valence-corrected chi connectivity index (χ1v) is 11.3. The summed E-state index contributed by atoms with van der Waals surface area (Å²) in [5.41, 5.74) is 1.81. The Morgan fingerprint density at radius 1 is 1.06 bits per heavy atom. The van der Waals surface area contributed by atoms with Crippen LogP contribution in [0.1, 0.15) is 51.2 Å². The van der Waals surface area contributed by atoms with E-state index in [0.29, 0.717) is 28.8 Å². The molecule has 5 nitrogen and oxygen atoms in total. The number of carbonyl (C=O) groups is 2. The quantitative estimate of drug-likeness (QED) is 0.509. The van der Waals surface area contributed by atoms with Crippen LogP contribution in [0, 0.1) is 0 Å². The molecular formula is C24H30Cl2N2O3. The van der Waals surface area contributed by atoms with E-state index in [9.17, 15) is 9.59 Å². The first-order valence-electron chi connectivity index (χ1n) is 10.5. The number of nitrogens with zero attached hydrogens (tertiary/aromatic N) is 1. The first-order chi connectivity index (χ1) is 14.8. The highest BCUT2D eigenvalue weighted by Gasteiger charge is 2.29. The normalized spacial score (nSPS) is 11.8. The van der Waals surface area contributed by atoms with Gasteiger partial charge in [-0.05, 0) is 48.6 Å². The standard InChI is InChI=1S/C24H30Cl2N2O3/c1-5-21(24(30)27-6-2)28(14-17-11-12-19(25)20(26)13-17)23(29)15-31-22-10-8-7-9-18(22)16(3)4/h7-13,16,21H,5-6,14-15H2,1-4H3,(H,27,30)/t21-/m0/s1. The van der Waals surface area contributed by atoms with Gasteiger partial charge in [0.25, 0.3) is 5.91 Å².